The molecule has 0 spiro atoms. The molecule has 2 unspecified atom stereocenters. The van der Waals surface area contributed by atoms with E-state index < -0.39 is 0 Å². The van der Waals surface area contributed by atoms with Crippen molar-refractivity contribution in [3.8, 4) is 0 Å². The standard InChI is InChI=1S/C11H14BrNS/c1-7(13)9-4-5-14-11-3-2-8(12)6-10(9)11/h2-3,6-7,9H,4-5,13H2,1H3. The fourth-order valence-corrected chi connectivity index (χ4v) is 3.45. The molecule has 2 N–H and O–H groups in total. The molecule has 14 heavy (non-hydrogen) atoms. The molecule has 0 radical (unpaired) electrons. The van der Waals surface area contributed by atoms with Crippen LogP contribution in [0, 0.1) is 0 Å². The maximum atomic E-state index is 6.01. The van der Waals surface area contributed by atoms with Crippen LogP contribution >= 0.6 is 27.7 Å². The lowest BCUT2D eigenvalue weighted by molar-refractivity contribution is 0.542. The molecular formula is C11H14BrNS. The molecule has 0 aliphatic carbocycles. The van der Waals surface area contributed by atoms with E-state index in [1.807, 2.05) is 11.8 Å². The predicted octanol–water partition coefficient (Wildman–Crippen LogP) is 3.38. The smallest absolute Gasteiger partial charge is 0.0178 e. The number of thioether (sulfide) groups is 1. The van der Waals surface area contributed by atoms with Gasteiger partial charge in [-0.25, -0.2) is 0 Å². The fourth-order valence-electron chi connectivity index (χ4n) is 1.94. The Balaban J connectivity index is 2.41. The average molecular weight is 272 g/mol. The second-order valence-electron chi connectivity index (χ2n) is 3.78. The quantitative estimate of drug-likeness (QED) is 0.848. The first-order valence-corrected chi connectivity index (χ1v) is 6.64. The number of hydrogen-bond acceptors (Lipinski definition) is 2. The zero-order valence-corrected chi connectivity index (χ0v) is 10.6. The van der Waals surface area contributed by atoms with Gasteiger partial charge in [0.2, 0.25) is 0 Å². The Bertz CT molecular complexity index is 338. The summed E-state index contributed by atoms with van der Waals surface area (Å²) in [5, 5.41) is 0. The molecule has 1 aromatic rings. The Kier molecular flexibility index (Phi) is 3.20. The van der Waals surface area contributed by atoms with Gasteiger partial charge in [-0.2, -0.15) is 0 Å². The van der Waals surface area contributed by atoms with E-state index in [2.05, 4.69) is 41.1 Å². The van der Waals surface area contributed by atoms with Crippen molar-refractivity contribution in [3.63, 3.8) is 0 Å². The lowest BCUT2D eigenvalue weighted by atomic mass is 9.90. The molecule has 0 fully saturated rings. The van der Waals surface area contributed by atoms with E-state index in [-0.39, 0.29) is 6.04 Å². The van der Waals surface area contributed by atoms with Crippen molar-refractivity contribution in [3.05, 3.63) is 28.2 Å². The molecule has 1 nitrogen and oxygen atoms in total. The molecule has 1 aliphatic heterocycles. The zero-order chi connectivity index (χ0) is 10.1. The number of benzene rings is 1. The molecule has 0 amide bonds. The topological polar surface area (TPSA) is 26.0 Å². The second-order valence-corrected chi connectivity index (χ2v) is 5.84. The Morgan fingerprint density at radius 2 is 2.36 bits per heavy atom. The summed E-state index contributed by atoms with van der Waals surface area (Å²) >= 11 is 5.46. The highest BCUT2D eigenvalue weighted by Gasteiger charge is 2.23. The average Bonchev–Trinajstić information content (AvgIpc) is 2.16. The Hall–Kier alpha value is 0.01000. The van der Waals surface area contributed by atoms with E-state index in [9.17, 15) is 0 Å². The molecule has 2 atom stereocenters. The number of fused-ring (bicyclic) bond motifs is 1. The van der Waals surface area contributed by atoms with Crippen molar-refractivity contribution in [2.24, 2.45) is 5.73 Å². The van der Waals surface area contributed by atoms with E-state index >= 15 is 0 Å². The molecule has 1 heterocycles. The number of halogens is 1. The Morgan fingerprint density at radius 3 is 3.07 bits per heavy atom. The number of nitrogens with two attached hydrogens (primary N) is 1. The molecule has 0 saturated heterocycles. The normalized spacial score (nSPS) is 22.9. The van der Waals surface area contributed by atoms with Crippen LogP contribution in [0.2, 0.25) is 0 Å². The second kappa shape index (κ2) is 4.25. The van der Waals surface area contributed by atoms with Gasteiger partial charge in [0.15, 0.2) is 0 Å². The summed E-state index contributed by atoms with van der Waals surface area (Å²) in [5.41, 5.74) is 7.43. The highest BCUT2D eigenvalue weighted by atomic mass is 79.9. The van der Waals surface area contributed by atoms with Crippen molar-refractivity contribution >= 4 is 27.7 Å². The minimum Gasteiger partial charge on any atom is -0.327 e. The highest BCUT2D eigenvalue weighted by Crippen LogP contribution is 2.39. The maximum absolute atomic E-state index is 6.01. The van der Waals surface area contributed by atoms with E-state index in [0.717, 1.165) is 4.47 Å². The minimum atomic E-state index is 0.254. The molecular weight excluding hydrogens is 258 g/mol. The summed E-state index contributed by atoms with van der Waals surface area (Å²) in [5.74, 6) is 1.73. The first-order chi connectivity index (χ1) is 6.68. The van der Waals surface area contributed by atoms with Gasteiger partial charge in [0.1, 0.15) is 0 Å². The van der Waals surface area contributed by atoms with Gasteiger partial charge in [-0.15, -0.1) is 11.8 Å². The van der Waals surface area contributed by atoms with E-state index in [0.29, 0.717) is 5.92 Å². The van der Waals surface area contributed by atoms with Crippen LogP contribution < -0.4 is 5.73 Å². The molecule has 0 saturated carbocycles. The van der Waals surface area contributed by atoms with Crippen LogP contribution in [0.3, 0.4) is 0 Å². The maximum Gasteiger partial charge on any atom is 0.0178 e. The van der Waals surface area contributed by atoms with Crippen LogP contribution in [-0.2, 0) is 0 Å². The lowest BCUT2D eigenvalue weighted by Crippen LogP contribution is -2.27. The van der Waals surface area contributed by atoms with Gasteiger partial charge in [0.05, 0.1) is 0 Å². The lowest BCUT2D eigenvalue weighted by Gasteiger charge is -2.28. The van der Waals surface area contributed by atoms with E-state index in [1.54, 1.807) is 0 Å². The van der Waals surface area contributed by atoms with Gasteiger partial charge < -0.3 is 5.73 Å². The summed E-state index contributed by atoms with van der Waals surface area (Å²) in [6.07, 6.45) is 1.20. The molecule has 76 valence electrons. The predicted molar refractivity (Wildman–Crippen MR) is 65.9 cm³/mol. The van der Waals surface area contributed by atoms with Crippen LogP contribution in [0.4, 0.5) is 0 Å². The van der Waals surface area contributed by atoms with Gasteiger partial charge in [0, 0.05) is 21.3 Å². The van der Waals surface area contributed by atoms with Gasteiger partial charge in [-0.1, -0.05) is 15.9 Å². The SMILES string of the molecule is CC(N)C1CCSc2ccc(Br)cc21. The molecule has 0 bridgehead atoms. The molecule has 3 heteroatoms. The zero-order valence-electron chi connectivity index (χ0n) is 8.16. The van der Waals surface area contributed by atoms with Crippen molar-refractivity contribution in [2.75, 3.05) is 5.75 Å². The third kappa shape index (κ3) is 2.00. The molecule has 1 aromatic carbocycles. The van der Waals surface area contributed by atoms with Gasteiger partial charge in [-0.05, 0) is 42.9 Å². The van der Waals surface area contributed by atoms with Gasteiger partial charge in [0.25, 0.3) is 0 Å². The number of rotatable bonds is 1. The first-order valence-electron chi connectivity index (χ1n) is 4.86. The van der Waals surface area contributed by atoms with Crippen molar-refractivity contribution in [1.29, 1.82) is 0 Å². The third-order valence-electron chi connectivity index (χ3n) is 2.69. The van der Waals surface area contributed by atoms with Crippen LogP contribution in [0.1, 0.15) is 24.8 Å². The van der Waals surface area contributed by atoms with Crippen LogP contribution in [0.15, 0.2) is 27.6 Å². The summed E-state index contributed by atoms with van der Waals surface area (Å²) in [6.45, 7) is 2.10. The van der Waals surface area contributed by atoms with Crippen LogP contribution in [0.5, 0.6) is 0 Å². The minimum absolute atomic E-state index is 0.254. The highest BCUT2D eigenvalue weighted by molar-refractivity contribution is 9.10. The largest absolute Gasteiger partial charge is 0.327 e. The van der Waals surface area contributed by atoms with E-state index in [4.69, 9.17) is 5.73 Å². The summed E-state index contributed by atoms with van der Waals surface area (Å²) in [7, 11) is 0. The molecule has 1 aliphatic rings. The number of hydrogen-bond donors (Lipinski definition) is 1. The molecule has 2 rings (SSSR count). The summed E-state index contributed by atoms with van der Waals surface area (Å²) < 4.78 is 1.16. The van der Waals surface area contributed by atoms with Crippen molar-refractivity contribution in [1.82, 2.24) is 0 Å². The Labute approximate surface area is 97.6 Å². The Morgan fingerprint density at radius 1 is 1.57 bits per heavy atom. The fraction of sp³-hybridized carbons (Fsp3) is 0.455. The van der Waals surface area contributed by atoms with Crippen molar-refractivity contribution < 1.29 is 0 Å². The first kappa shape index (κ1) is 10.5. The van der Waals surface area contributed by atoms with Crippen LogP contribution in [0.25, 0.3) is 0 Å². The van der Waals surface area contributed by atoms with Crippen molar-refractivity contribution in [2.45, 2.75) is 30.2 Å². The monoisotopic (exact) mass is 271 g/mol. The third-order valence-corrected chi connectivity index (χ3v) is 4.31. The summed E-state index contributed by atoms with van der Waals surface area (Å²) in [6, 6.07) is 6.77. The van der Waals surface area contributed by atoms with Crippen LogP contribution in [-0.4, -0.2) is 11.8 Å². The van der Waals surface area contributed by atoms with E-state index in [1.165, 1.54) is 22.6 Å². The molecule has 0 aromatic heterocycles. The van der Waals surface area contributed by atoms with Gasteiger partial charge >= 0.3 is 0 Å². The summed E-state index contributed by atoms with van der Waals surface area (Å²) in [4.78, 5) is 1.40. The van der Waals surface area contributed by atoms with Gasteiger partial charge in [-0.3, -0.25) is 0 Å².